The van der Waals surface area contributed by atoms with Gasteiger partial charge in [0.1, 0.15) is 0 Å². The molecule has 0 heterocycles. The molecule has 0 saturated carbocycles. The standard InChI is InChI=1S/C8H6F3N3O/c9-8(10,11)15-7-3-5(4-12)1-2-6(7)14-13/h1-3,14H,13H2. The Kier molecular flexibility index (Phi) is 3.01. The van der Waals surface area contributed by atoms with E-state index in [9.17, 15) is 13.2 Å². The zero-order valence-corrected chi connectivity index (χ0v) is 7.30. The normalized spacial score (nSPS) is 10.6. The molecule has 0 aliphatic carbocycles. The molecular formula is C8H6F3N3O. The van der Waals surface area contributed by atoms with E-state index in [1.807, 2.05) is 5.43 Å². The fraction of sp³-hybridized carbons (Fsp3) is 0.125. The number of ether oxygens (including phenoxy) is 1. The van der Waals surface area contributed by atoms with Gasteiger partial charge in [0, 0.05) is 6.07 Å². The number of nitrogens with zero attached hydrogens (tertiary/aromatic N) is 1. The second-order valence-electron chi connectivity index (χ2n) is 2.51. The first kappa shape index (κ1) is 11.1. The van der Waals surface area contributed by atoms with Crippen LogP contribution < -0.4 is 16.0 Å². The number of halogens is 3. The Morgan fingerprint density at radius 2 is 2.07 bits per heavy atom. The van der Waals surface area contributed by atoms with Crippen LogP contribution in [0.1, 0.15) is 5.56 Å². The topological polar surface area (TPSA) is 71.1 Å². The summed E-state index contributed by atoms with van der Waals surface area (Å²) < 4.78 is 39.4. The van der Waals surface area contributed by atoms with E-state index in [4.69, 9.17) is 11.1 Å². The van der Waals surface area contributed by atoms with E-state index in [0.29, 0.717) is 0 Å². The Balaban J connectivity index is 3.08. The third-order valence-electron chi connectivity index (χ3n) is 1.49. The van der Waals surface area contributed by atoms with Crippen LogP contribution in [-0.2, 0) is 0 Å². The van der Waals surface area contributed by atoms with Gasteiger partial charge in [0.15, 0.2) is 5.75 Å². The highest BCUT2D eigenvalue weighted by Crippen LogP contribution is 2.30. The van der Waals surface area contributed by atoms with Crippen LogP contribution in [0.2, 0.25) is 0 Å². The fourth-order valence-corrected chi connectivity index (χ4v) is 0.920. The first-order valence-electron chi connectivity index (χ1n) is 3.73. The molecule has 0 atom stereocenters. The molecule has 15 heavy (non-hydrogen) atoms. The average molecular weight is 217 g/mol. The molecule has 0 fully saturated rings. The van der Waals surface area contributed by atoms with E-state index in [1.165, 1.54) is 12.1 Å². The summed E-state index contributed by atoms with van der Waals surface area (Å²) in [7, 11) is 0. The van der Waals surface area contributed by atoms with E-state index < -0.39 is 12.1 Å². The van der Waals surface area contributed by atoms with Gasteiger partial charge < -0.3 is 10.2 Å². The number of anilines is 1. The molecule has 0 aliphatic heterocycles. The Labute approximate surface area is 83.0 Å². The maximum Gasteiger partial charge on any atom is 0.573 e. The van der Waals surface area contributed by atoms with Gasteiger partial charge in [-0.2, -0.15) is 5.26 Å². The predicted octanol–water partition coefficient (Wildman–Crippen LogP) is 1.74. The predicted molar refractivity (Wildman–Crippen MR) is 45.7 cm³/mol. The Morgan fingerprint density at radius 1 is 1.40 bits per heavy atom. The maximum atomic E-state index is 11.9. The molecule has 0 saturated heterocycles. The zero-order chi connectivity index (χ0) is 11.5. The molecule has 4 nitrogen and oxygen atoms in total. The van der Waals surface area contributed by atoms with Crippen molar-refractivity contribution in [3.8, 4) is 11.8 Å². The van der Waals surface area contributed by atoms with Gasteiger partial charge >= 0.3 is 6.36 Å². The lowest BCUT2D eigenvalue weighted by Gasteiger charge is -2.12. The van der Waals surface area contributed by atoms with Gasteiger partial charge in [-0.1, -0.05) is 0 Å². The second kappa shape index (κ2) is 4.06. The largest absolute Gasteiger partial charge is 0.573 e. The summed E-state index contributed by atoms with van der Waals surface area (Å²) in [6, 6.07) is 5.18. The number of alkyl halides is 3. The highest BCUT2D eigenvalue weighted by atomic mass is 19.4. The minimum Gasteiger partial charge on any atom is -0.403 e. The lowest BCUT2D eigenvalue weighted by Crippen LogP contribution is -2.19. The molecule has 0 aromatic heterocycles. The molecule has 3 N–H and O–H groups in total. The SMILES string of the molecule is N#Cc1ccc(NN)c(OC(F)(F)F)c1. The third kappa shape index (κ3) is 3.03. The second-order valence-corrected chi connectivity index (χ2v) is 2.51. The van der Waals surface area contributed by atoms with Gasteiger partial charge in [-0.05, 0) is 12.1 Å². The molecule has 0 unspecified atom stereocenters. The van der Waals surface area contributed by atoms with Crippen LogP contribution in [0.3, 0.4) is 0 Å². The first-order chi connectivity index (χ1) is 6.96. The van der Waals surface area contributed by atoms with E-state index in [2.05, 4.69) is 4.74 Å². The molecule has 7 heteroatoms. The number of nitrogens with one attached hydrogen (secondary N) is 1. The van der Waals surface area contributed by atoms with Crippen molar-refractivity contribution in [2.24, 2.45) is 5.84 Å². The highest BCUT2D eigenvalue weighted by Gasteiger charge is 2.32. The summed E-state index contributed by atoms with van der Waals surface area (Å²) in [5.74, 6) is 4.44. The molecule has 0 radical (unpaired) electrons. The minimum atomic E-state index is -4.82. The molecule has 1 rings (SSSR count). The van der Waals surface area contributed by atoms with Gasteiger partial charge in [0.2, 0.25) is 0 Å². The first-order valence-corrected chi connectivity index (χ1v) is 3.73. The van der Waals surface area contributed by atoms with Crippen LogP contribution in [0.15, 0.2) is 18.2 Å². The summed E-state index contributed by atoms with van der Waals surface area (Å²) in [4.78, 5) is 0. The molecular weight excluding hydrogens is 211 g/mol. The third-order valence-corrected chi connectivity index (χ3v) is 1.49. The summed E-state index contributed by atoms with van der Waals surface area (Å²) in [6.07, 6.45) is -4.82. The van der Waals surface area contributed by atoms with Crippen molar-refractivity contribution >= 4 is 5.69 Å². The lowest BCUT2D eigenvalue weighted by molar-refractivity contribution is -0.274. The minimum absolute atomic E-state index is 0.0493. The van der Waals surface area contributed by atoms with Gasteiger partial charge in [-0.3, -0.25) is 5.84 Å². The number of hydrogen-bond donors (Lipinski definition) is 2. The number of rotatable bonds is 2. The van der Waals surface area contributed by atoms with Crippen molar-refractivity contribution in [3.05, 3.63) is 23.8 Å². The van der Waals surface area contributed by atoms with E-state index >= 15 is 0 Å². The molecule has 0 amide bonds. The van der Waals surface area contributed by atoms with Crippen molar-refractivity contribution in [2.45, 2.75) is 6.36 Å². The van der Waals surface area contributed by atoms with Crippen molar-refractivity contribution in [1.29, 1.82) is 5.26 Å². The Bertz CT molecular complexity index is 397. The lowest BCUT2D eigenvalue weighted by atomic mass is 10.2. The van der Waals surface area contributed by atoms with Crippen LogP contribution in [0.25, 0.3) is 0 Å². The molecule has 0 aliphatic rings. The number of hydrazine groups is 1. The number of nitriles is 1. The smallest absolute Gasteiger partial charge is 0.403 e. The highest BCUT2D eigenvalue weighted by molar-refractivity contribution is 5.58. The Hall–Kier alpha value is -1.94. The van der Waals surface area contributed by atoms with Crippen molar-refractivity contribution in [2.75, 3.05) is 5.43 Å². The summed E-state index contributed by atoms with van der Waals surface area (Å²) in [6.45, 7) is 0. The number of hydrogen-bond acceptors (Lipinski definition) is 4. The quantitative estimate of drug-likeness (QED) is 0.584. The van der Waals surface area contributed by atoms with Crippen LogP contribution >= 0.6 is 0 Å². The van der Waals surface area contributed by atoms with Crippen molar-refractivity contribution < 1.29 is 17.9 Å². The maximum absolute atomic E-state index is 11.9. The van der Waals surface area contributed by atoms with Crippen molar-refractivity contribution in [1.82, 2.24) is 0 Å². The molecule has 0 spiro atoms. The number of benzene rings is 1. The van der Waals surface area contributed by atoms with Gasteiger partial charge in [0.05, 0.1) is 17.3 Å². The summed E-state index contributed by atoms with van der Waals surface area (Å²) >= 11 is 0. The van der Waals surface area contributed by atoms with Gasteiger partial charge in [0.25, 0.3) is 0 Å². The van der Waals surface area contributed by atoms with Crippen LogP contribution in [-0.4, -0.2) is 6.36 Å². The van der Waals surface area contributed by atoms with Crippen LogP contribution in [0, 0.1) is 11.3 Å². The Morgan fingerprint density at radius 3 is 2.53 bits per heavy atom. The monoisotopic (exact) mass is 217 g/mol. The van der Waals surface area contributed by atoms with Crippen molar-refractivity contribution in [3.63, 3.8) is 0 Å². The van der Waals surface area contributed by atoms with Crippen LogP contribution in [0.5, 0.6) is 5.75 Å². The molecule has 1 aromatic carbocycles. The molecule has 0 bridgehead atoms. The summed E-state index contributed by atoms with van der Waals surface area (Å²) in [5.41, 5.74) is 2.03. The fourth-order valence-electron chi connectivity index (χ4n) is 0.920. The molecule has 80 valence electrons. The van der Waals surface area contributed by atoms with E-state index in [-0.39, 0.29) is 11.3 Å². The zero-order valence-electron chi connectivity index (χ0n) is 7.30. The number of nitrogens with two attached hydrogens (primary N) is 1. The van der Waals surface area contributed by atoms with E-state index in [1.54, 1.807) is 6.07 Å². The summed E-state index contributed by atoms with van der Waals surface area (Å²) in [5, 5.41) is 8.49. The van der Waals surface area contributed by atoms with E-state index in [0.717, 1.165) is 6.07 Å². The molecule has 1 aromatic rings. The van der Waals surface area contributed by atoms with Crippen LogP contribution in [0.4, 0.5) is 18.9 Å². The van der Waals surface area contributed by atoms with Gasteiger partial charge in [-0.25, -0.2) is 0 Å². The number of nitrogen functional groups attached to an aromatic ring is 1. The average Bonchev–Trinajstić information content (AvgIpc) is 2.15. The van der Waals surface area contributed by atoms with Gasteiger partial charge in [-0.15, -0.1) is 13.2 Å².